The van der Waals surface area contributed by atoms with Crippen molar-refractivity contribution in [2.75, 3.05) is 12.3 Å². The van der Waals surface area contributed by atoms with Crippen molar-refractivity contribution in [3.63, 3.8) is 0 Å². The van der Waals surface area contributed by atoms with Crippen molar-refractivity contribution in [2.45, 2.75) is 30.8 Å². The molecule has 124 valence electrons. The molecule has 1 fully saturated rings. The third kappa shape index (κ3) is 2.78. The number of anilines is 1. The van der Waals surface area contributed by atoms with Gasteiger partial charge in [0, 0.05) is 0 Å². The third-order valence-corrected chi connectivity index (χ3v) is 3.68. The highest BCUT2D eigenvalue weighted by Crippen LogP contribution is 2.32. The molecule has 6 N–H and O–H groups in total. The Morgan fingerprint density at radius 1 is 1.39 bits per heavy atom. The van der Waals surface area contributed by atoms with Gasteiger partial charge in [-0.3, -0.25) is 4.57 Å². The predicted octanol–water partition coefficient (Wildman–Crippen LogP) is -1.48. The fraction of sp³-hybridized carbons (Fsp3) is 0.462. The highest BCUT2D eigenvalue weighted by Gasteiger charge is 2.44. The van der Waals surface area contributed by atoms with Crippen LogP contribution in [0, 0.1) is 0 Å². The number of ether oxygens (including phenoxy) is 2. The molecule has 10 nitrogen and oxygen atoms in total. The maximum atomic E-state index is 10.2. The molecule has 1 aliphatic heterocycles. The fourth-order valence-corrected chi connectivity index (χ4v) is 2.43. The summed E-state index contributed by atoms with van der Waals surface area (Å²) < 4.78 is 12.4. The molecule has 1 saturated heterocycles. The maximum absolute atomic E-state index is 10.2. The summed E-state index contributed by atoms with van der Waals surface area (Å²) in [5, 5.41) is 20.4. The highest BCUT2D eigenvalue weighted by molar-refractivity contribution is 5.81. The molecule has 0 radical (unpaired) electrons. The third-order valence-electron chi connectivity index (χ3n) is 3.68. The molecule has 10 heteroatoms. The number of nitrogen functional groups attached to an aromatic ring is 1. The monoisotopic (exact) mass is 322 g/mol. The van der Waals surface area contributed by atoms with Crippen LogP contribution in [0.1, 0.15) is 6.23 Å². The van der Waals surface area contributed by atoms with E-state index in [0.29, 0.717) is 11.2 Å². The molecule has 0 aromatic carbocycles. The van der Waals surface area contributed by atoms with Gasteiger partial charge in [-0.1, -0.05) is 6.58 Å². The molecule has 2 aromatic heterocycles. The van der Waals surface area contributed by atoms with Gasteiger partial charge >= 0.3 is 0 Å². The van der Waals surface area contributed by atoms with Crippen LogP contribution < -0.4 is 11.5 Å². The van der Waals surface area contributed by atoms with Crippen LogP contribution in [0.4, 0.5) is 5.82 Å². The molecule has 0 saturated carbocycles. The van der Waals surface area contributed by atoms with E-state index in [2.05, 4.69) is 21.5 Å². The van der Waals surface area contributed by atoms with E-state index in [4.69, 9.17) is 20.9 Å². The van der Waals surface area contributed by atoms with Crippen molar-refractivity contribution in [3.8, 4) is 0 Å². The first-order chi connectivity index (χ1) is 11.0. The van der Waals surface area contributed by atoms with E-state index in [-0.39, 0.29) is 12.4 Å². The minimum atomic E-state index is -1.18. The summed E-state index contributed by atoms with van der Waals surface area (Å²) in [7, 11) is 0. The number of nitrogens with two attached hydrogens (primary N) is 2. The van der Waals surface area contributed by atoms with Gasteiger partial charge in [-0.25, -0.2) is 15.0 Å². The quantitative estimate of drug-likeness (QED) is 0.381. The van der Waals surface area contributed by atoms with E-state index in [0.717, 1.165) is 0 Å². The Bertz CT molecular complexity index is 707. The second kappa shape index (κ2) is 6.18. The van der Waals surface area contributed by atoms with Crippen molar-refractivity contribution in [1.82, 2.24) is 19.5 Å². The number of fused-ring (bicyclic) bond motifs is 1. The zero-order valence-electron chi connectivity index (χ0n) is 12.2. The van der Waals surface area contributed by atoms with Crippen LogP contribution in [0.5, 0.6) is 0 Å². The summed E-state index contributed by atoms with van der Waals surface area (Å²) in [6.07, 6.45) is -0.505. The van der Waals surface area contributed by atoms with Gasteiger partial charge in [0.1, 0.15) is 36.4 Å². The molecule has 1 aliphatic rings. The first kappa shape index (κ1) is 15.8. The van der Waals surface area contributed by atoms with E-state index in [1.54, 1.807) is 0 Å². The molecule has 1 unspecified atom stereocenters. The summed E-state index contributed by atoms with van der Waals surface area (Å²) in [6.45, 7) is 3.50. The van der Waals surface area contributed by atoms with Gasteiger partial charge in [0.2, 0.25) is 0 Å². The van der Waals surface area contributed by atoms with E-state index < -0.39 is 30.8 Å². The van der Waals surface area contributed by atoms with Crippen molar-refractivity contribution < 1.29 is 19.7 Å². The number of aromatic nitrogens is 4. The number of rotatable bonds is 5. The lowest BCUT2D eigenvalue weighted by molar-refractivity contribution is -0.0732. The van der Waals surface area contributed by atoms with E-state index in [1.165, 1.54) is 23.3 Å². The summed E-state index contributed by atoms with van der Waals surface area (Å²) in [5.74, 6) is 0.221. The Hall–Kier alpha value is -2.11. The number of nitrogens with zero attached hydrogens (tertiary/aromatic N) is 4. The van der Waals surface area contributed by atoms with Gasteiger partial charge in [-0.05, 0) is 6.08 Å². The van der Waals surface area contributed by atoms with Crippen LogP contribution in [0.25, 0.3) is 11.2 Å². The first-order valence-electron chi connectivity index (χ1n) is 6.97. The average molecular weight is 322 g/mol. The molecule has 5 atom stereocenters. The standard InChI is InChI=1S/C13H18N6O4/c1-2-7(14)22-3-6-9(20)10(21)13(23-6)19-5-18-8-11(15)16-4-17-12(8)19/h2,4-7,9-10,13,20-21H,1,3,14H2,(H2,15,16,17)/t6-,7?,9-,10-,13-/m1/s1. The van der Waals surface area contributed by atoms with Crippen LogP contribution in [-0.2, 0) is 9.47 Å². The smallest absolute Gasteiger partial charge is 0.167 e. The topological polar surface area (TPSA) is 155 Å². The lowest BCUT2D eigenvalue weighted by Crippen LogP contribution is -2.35. The van der Waals surface area contributed by atoms with Crippen LogP contribution in [0.15, 0.2) is 25.3 Å². The summed E-state index contributed by atoms with van der Waals surface area (Å²) in [6, 6.07) is 0. The minimum absolute atomic E-state index is 0.00562. The van der Waals surface area contributed by atoms with Gasteiger partial charge < -0.3 is 31.2 Å². The minimum Gasteiger partial charge on any atom is -0.387 e. The molecule has 2 aromatic rings. The average Bonchev–Trinajstić information content (AvgIpc) is 3.09. The zero-order chi connectivity index (χ0) is 16.6. The van der Waals surface area contributed by atoms with Crippen LogP contribution >= 0.6 is 0 Å². The highest BCUT2D eigenvalue weighted by atomic mass is 16.6. The fourth-order valence-electron chi connectivity index (χ4n) is 2.43. The van der Waals surface area contributed by atoms with Gasteiger partial charge in [-0.15, -0.1) is 0 Å². The number of hydrogen-bond acceptors (Lipinski definition) is 9. The number of hydrogen-bond donors (Lipinski definition) is 4. The van der Waals surface area contributed by atoms with Crippen LogP contribution in [0.2, 0.25) is 0 Å². The molecular weight excluding hydrogens is 304 g/mol. The molecule has 0 aliphatic carbocycles. The number of aliphatic hydroxyl groups excluding tert-OH is 2. The van der Waals surface area contributed by atoms with Gasteiger partial charge in [0.05, 0.1) is 12.9 Å². The van der Waals surface area contributed by atoms with Crippen LogP contribution in [-0.4, -0.2) is 60.9 Å². The summed E-state index contributed by atoms with van der Waals surface area (Å²) >= 11 is 0. The molecule has 3 heterocycles. The molecule has 0 amide bonds. The largest absolute Gasteiger partial charge is 0.387 e. The Kier molecular flexibility index (Phi) is 4.24. The Morgan fingerprint density at radius 2 is 2.17 bits per heavy atom. The lowest BCUT2D eigenvalue weighted by Gasteiger charge is -2.17. The second-order valence-corrected chi connectivity index (χ2v) is 5.16. The molecule has 23 heavy (non-hydrogen) atoms. The van der Waals surface area contributed by atoms with Crippen molar-refractivity contribution >= 4 is 17.0 Å². The number of aliphatic hydroxyl groups is 2. The number of imidazole rings is 1. The summed E-state index contributed by atoms with van der Waals surface area (Å²) in [4.78, 5) is 12.1. The molecule has 0 spiro atoms. The first-order valence-corrected chi connectivity index (χ1v) is 6.97. The van der Waals surface area contributed by atoms with Crippen LogP contribution in [0.3, 0.4) is 0 Å². The Morgan fingerprint density at radius 3 is 2.91 bits per heavy atom. The maximum Gasteiger partial charge on any atom is 0.167 e. The van der Waals surface area contributed by atoms with Gasteiger partial charge in [-0.2, -0.15) is 0 Å². The lowest BCUT2D eigenvalue weighted by atomic mass is 10.1. The summed E-state index contributed by atoms with van der Waals surface area (Å²) in [5.41, 5.74) is 12.1. The molecule has 0 bridgehead atoms. The van der Waals surface area contributed by atoms with Gasteiger partial charge in [0.15, 0.2) is 17.7 Å². The van der Waals surface area contributed by atoms with Crippen molar-refractivity contribution in [3.05, 3.63) is 25.3 Å². The van der Waals surface area contributed by atoms with Gasteiger partial charge in [0.25, 0.3) is 0 Å². The predicted molar refractivity (Wildman–Crippen MR) is 79.8 cm³/mol. The van der Waals surface area contributed by atoms with E-state index >= 15 is 0 Å². The van der Waals surface area contributed by atoms with Crippen molar-refractivity contribution in [2.24, 2.45) is 5.73 Å². The Labute approximate surface area is 131 Å². The van der Waals surface area contributed by atoms with E-state index in [1.807, 2.05) is 0 Å². The SMILES string of the molecule is C=CC(N)OC[C@H]1O[C@@H](n2cnc3c(N)ncnc32)[C@H](O)[C@@H]1O. The second-order valence-electron chi connectivity index (χ2n) is 5.16. The normalized spacial score (nSPS) is 29.0. The zero-order valence-corrected chi connectivity index (χ0v) is 12.2. The van der Waals surface area contributed by atoms with E-state index in [9.17, 15) is 10.2 Å². The Balaban J connectivity index is 1.82. The van der Waals surface area contributed by atoms with Crippen molar-refractivity contribution in [1.29, 1.82) is 0 Å². The molecular formula is C13H18N6O4. The molecule has 3 rings (SSSR count).